The molecular formula is C13H26. The number of hydrogen-bond acceptors (Lipinski definition) is 0. The second-order valence-corrected chi connectivity index (χ2v) is 4.32. The van der Waals surface area contributed by atoms with Gasteiger partial charge in [0, 0.05) is 0 Å². The van der Waals surface area contributed by atoms with Crippen LogP contribution >= 0.6 is 0 Å². The molecule has 0 aliphatic carbocycles. The lowest BCUT2D eigenvalue weighted by atomic mass is 10.00. The predicted octanol–water partition coefficient (Wildman–Crippen LogP) is 4.81. The molecule has 0 saturated carbocycles. The van der Waals surface area contributed by atoms with Gasteiger partial charge in [-0.05, 0) is 24.7 Å². The molecule has 0 aliphatic heterocycles. The van der Waals surface area contributed by atoms with Crippen LogP contribution in [0.2, 0.25) is 0 Å². The number of hydrogen-bond donors (Lipinski definition) is 0. The first kappa shape index (κ1) is 12.7. The highest BCUT2D eigenvalue weighted by molar-refractivity contribution is 4.87. The highest BCUT2D eigenvalue weighted by atomic mass is 14.0. The molecule has 0 aromatic heterocycles. The molecular weight excluding hydrogens is 156 g/mol. The third kappa shape index (κ3) is 8.08. The summed E-state index contributed by atoms with van der Waals surface area (Å²) in [7, 11) is 0. The third-order valence-corrected chi connectivity index (χ3v) is 2.53. The van der Waals surface area contributed by atoms with Crippen LogP contribution in [0, 0.1) is 11.8 Å². The van der Waals surface area contributed by atoms with Gasteiger partial charge in [-0.15, -0.1) is 0 Å². The molecule has 0 fully saturated rings. The van der Waals surface area contributed by atoms with E-state index < -0.39 is 0 Å². The third-order valence-electron chi connectivity index (χ3n) is 2.53. The van der Waals surface area contributed by atoms with Crippen LogP contribution in [0.4, 0.5) is 0 Å². The highest BCUT2D eigenvalue weighted by Crippen LogP contribution is 2.12. The topological polar surface area (TPSA) is 0 Å². The second-order valence-electron chi connectivity index (χ2n) is 4.32. The SMILES string of the molecule is CCCC(C)C=CCC(C)CCC. The Balaban J connectivity index is 3.49. The van der Waals surface area contributed by atoms with Crippen LogP contribution < -0.4 is 0 Å². The van der Waals surface area contributed by atoms with E-state index in [1.54, 1.807) is 0 Å². The van der Waals surface area contributed by atoms with Crippen LogP contribution in [0.5, 0.6) is 0 Å². The van der Waals surface area contributed by atoms with Gasteiger partial charge in [-0.25, -0.2) is 0 Å². The van der Waals surface area contributed by atoms with Crippen molar-refractivity contribution < 1.29 is 0 Å². The first-order valence-corrected chi connectivity index (χ1v) is 5.87. The second kappa shape index (κ2) is 8.34. The first-order chi connectivity index (χ1) is 6.20. The van der Waals surface area contributed by atoms with E-state index in [1.165, 1.54) is 32.1 Å². The van der Waals surface area contributed by atoms with E-state index in [9.17, 15) is 0 Å². The molecule has 78 valence electrons. The Morgan fingerprint density at radius 3 is 2.15 bits per heavy atom. The lowest BCUT2D eigenvalue weighted by Gasteiger charge is -2.07. The zero-order valence-corrected chi connectivity index (χ0v) is 9.84. The van der Waals surface area contributed by atoms with Crippen molar-refractivity contribution in [2.75, 3.05) is 0 Å². The van der Waals surface area contributed by atoms with Gasteiger partial charge < -0.3 is 0 Å². The Hall–Kier alpha value is -0.260. The maximum absolute atomic E-state index is 2.38. The van der Waals surface area contributed by atoms with Crippen LogP contribution in [0.15, 0.2) is 12.2 Å². The van der Waals surface area contributed by atoms with Crippen molar-refractivity contribution in [3.05, 3.63) is 12.2 Å². The molecule has 0 heteroatoms. The fraction of sp³-hybridized carbons (Fsp3) is 0.846. The van der Waals surface area contributed by atoms with E-state index >= 15 is 0 Å². The highest BCUT2D eigenvalue weighted by Gasteiger charge is 1.98. The minimum Gasteiger partial charge on any atom is -0.0880 e. The smallest absolute Gasteiger partial charge is 0.0262 e. The molecule has 2 atom stereocenters. The Bertz CT molecular complexity index is 124. The summed E-state index contributed by atoms with van der Waals surface area (Å²) in [5.74, 6) is 1.65. The average Bonchev–Trinajstić information content (AvgIpc) is 2.05. The van der Waals surface area contributed by atoms with E-state index in [4.69, 9.17) is 0 Å². The van der Waals surface area contributed by atoms with E-state index in [0.717, 1.165) is 11.8 Å². The Morgan fingerprint density at radius 1 is 1.00 bits per heavy atom. The monoisotopic (exact) mass is 182 g/mol. The maximum Gasteiger partial charge on any atom is -0.0262 e. The van der Waals surface area contributed by atoms with Crippen LogP contribution in [-0.2, 0) is 0 Å². The lowest BCUT2D eigenvalue weighted by molar-refractivity contribution is 0.529. The summed E-state index contributed by atoms with van der Waals surface area (Å²) >= 11 is 0. The van der Waals surface area contributed by atoms with Crippen molar-refractivity contribution in [1.29, 1.82) is 0 Å². The van der Waals surface area contributed by atoms with Gasteiger partial charge in [0.1, 0.15) is 0 Å². The van der Waals surface area contributed by atoms with Gasteiger partial charge in [-0.3, -0.25) is 0 Å². The zero-order valence-electron chi connectivity index (χ0n) is 9.84. The van der Waals surface area contributed by atoms with Crippen LogP contribution in [0.3, 0.4) is 0 Å². The van der Waals surface area contributed by atoms with E-state index in [-0.39, 0.29) is 0 Å². The Kier molecular flexibility index (Phi) is 8.18. The summed E-state index contributed by atoms with van der Waals surface area (Å²) in [5.41, 5.74) is 0. The summed E-state index contributed by atoms with van der Waals surface area (Å²) < 4.78 is 0. The van der Waals surface area contributed by atoms with Crippen molar-refractivity contribution in [3.8, 4) is 0 Å². The van der Waals surface area contributed by atoms with Crippen molar-refractivity contribution in [1.82, 2.24) is 0 Å². The number of allylic oxidation sites excluding steroid dienone is 2. The van der Waals surface area contributed by atoms with Crippen LogP contribution in [0.25, 0.3) is 0 Å². The molecule has 0 heterocycles. The van der Waals surface area contributed by atoms with E-state index in [2.05, 4.69) is 39.8 Å². The minimum absolute atomic E-state index is 0.777. The van der Waals surface area contributed by atoms with Gasteiger partial charge in [0.05, 0.1) is 0 Å². The normalized spacial score (nSPS) is 16.3. The molecule has 0 aliphatic rings. The molecule has 0 N–H and O–H groups in total. The molecule has 0 amide bonds. The summed E-state index contributed by atoms with van der Waals surface area (Å²) in [6.07, 6.45) is 11.3. The molecule has 0 nitrogen and oxygen atoms in total. The Morgan fingerprint density at radius 2 is 1.62 bits per heavy atom. The van der Waals surface area contributed by atoms with Gasteiger partial charge >= 0.3 is 0 Å². The molecule has 0 spiro atoms. The summed E-state index contributed by atoms with van der Waals surface area (Å²) in [4.78, 5) is 0. The number of rotatable bonds is 7. The molecule has 0 radical (unpaired) electrons. The molecule has 2 unspecified atom stereocenters. The zero-order chi connectivity index (χ0) is 10.1. The molecule has 0 aromatic carbocycles. The van der Waals surface area contributed by atoms with Gasteiger partial charge in [-0.1, -0.05) is 59.1 Å². The Labute approximate surface area is 84.4 Å². The molecule has 0 saturated heterocycles. The van der Waals surface area contributed by atoms with Gasteiger partial charge in [0.25, 0.3) is 0 Å². The summed E-state index contributed by atoms with van der Waals surface area (Å²) in [5, 5.41) is 0. The van der Waals surface area contributed by atoms with E-state index in [1.807, 2.05) is 0 Å². The standard InChI is InChI=1S/C13H26/c1-5-8-12(3)10-7-11-13(4)9-6-2/h7,10,12-13H,5-6,8-9,11H2,1-4H3. The quantitative estimate of drug-likeness (QED) is 0.496. The van der Waals surface area contributed by atoms with Gasteiger partial charge in [-0.2, -0.15) is 0 Å². The van der Waals surface area contributed by atoms with Gasteiger partial charge in [0.2, 0.25) is 0 Å². The minimum atomic E-state index is 0.777. The lowest BCUT2D eigenvalue weighted by Crippen LogP contribution is -1.92. The molecule has 0 rings (SSSR count). The fourth-order valence-electron chi connectivity index (χ4n) is 1.71. The molecule has 0 bridgehead atoms. The first-order valence-electron chi connectivity index (χ1n) is 5.87. The predicted molar refractivity (Wildman–Crippen MR) is 61.9 cm³/mol. The average molecular weight is 182 g/mol. The van der Waals surface area contributed by atoms with E-state index in [0.29, 0.717) is 0 Å². The summed E-state index contributed by atoms with van der Waals surface area (Å²) in [6, 6.07) is 0. The fourth-order valence-corrected chi connectivity index (χ4v) is 1.71. The van der Waals surface area contributed by atoms with Crippen molar-refractivity contribution in [3.63, 3.8) is 0 Å². The maximum atomic E-state index is 2.38. The van der Waals surface area contributed by atoms with Crippen molar-refractivity contribution >= 4 is 0 Å². The van der Waals surface area contributed by atoms with Crippen LogP contribution in [-0.4, -0.2) is 0 Å². The largest absolute Gasteiger partial charge is 0.0880 e. The van der Waals surface area contributed by atoms with Crippen molar-refractivity contribution in [2.45, 2.75) is 59.8 Å². The van der Waals surface area contributed by atoms with Gasteiger partial charge in [0.15, 0.2) is 0 Å². The molecule has 0 aromatic rings. The summed E-state index contributed by atoms with van der Waals surface area (Å²) in [6.45, 7) is 9.17. The van der Waals surface area contributed by atoms with Crippen LogP contribution in [0.1, 0.15) is 59.8 Å². The van der Waals surface area contributed by atoms with Crippen molar-refractivity contribution in [2.24, 2.45) is 11.8 Å². The molecule has 13 heavy (non-hydrogen) atoms.